The molecule has 2 fully saturated rings. The Labute approximate surface area is 225 Å². The maximum absolute atomic E-state index is 13.7. The van der Waals surface area contributed by atoms with Crippen LogP contribution in [0.2, 0.25) is 0 Å². The van der Waals surface area contributed by atoms with Gasteiger partial charge in [0.1, 0.15) is 11.5 Å². The van der Waals surface area contributed by atoms with Gasteiger partial charge < -0.3 is 19.4 Å². The summed E-state index contributed by atoms with van der Waals surface area (Å²) in [4.78, 5) is 31.2. The van der Waals surface area contributed by atoms with E-state index >= 15 is 0 Å². The van der Waals surface area contributed by atoms with Gasteiger partial charge in [-0.3, -0.25) is 4.98 Å². The van der Waals surface area contributed by atoms with Crippen molar-refractivity contribution < 1.29 is 37.4 Å². The van der Waals surface area contributed by atoms with Crippen molar-refractivity contribution in [3.63, 3.8) is 0 Å². The fourth-order valence-corrected chi connectivity index (χ4v) is 4.85. The van der Waals surface area contributed by atoms with Gasteiger partial charge in [-0.1, -0.05) is 17.3 Å². The van der Waals surface area contributed by atoms with Crippen LogP contribution in [-0.4, -0.2) is 46.4 Å². The van der Waals surface area contributed by atoms with Gasteiger partial charge in [0, 0.05) is 59.4 Å². The number of aromatic nitrogens is 3. The zero-order valence-corrected chi connectivity index (χ0v) is 21.2. The number of anilines is 1. The molecule has 4 heterocycles. The fraction of sp³-hybridized carbons (Fsp3) is 0.286. The highest BCUT2D eigenvalue weighted by molar-refractivity contribution is 5.94. The van der Waals surface area contributed by atoms with Crippen LogP contribution in [-0.2, 0) is 11.1 Å². The highest BCUT2D eigenvalue weighted by Crippen LogP contribution is 2.46. The molecular weight excluding hydrogens is 529 g/mol. The summed E-state index contributed by atoms with van der Waals surface area (Å²) in [6.07, 6.45) is 2.10. The third-order valence-electron chi connectivity index (χ3n) is 6.99. The van der Waals surface area contributed by atoms with Crippen molar-refractivity contribution in [1.29, 1.82) is 0 Å². The molecule has 1 aliphatic carbocycles. The van der Waals surface area contributed by atoms with Gasteiger partial charge in [-0.25, -0.2) is 9.78 Å². The number of benzene rings is 1. The Bertz CT molecular complexity index is 1620. The van der Waals surface area contributed by atoms with Crippen molar-refractivity contribution in [2.24, 2.45) is 5.92 Å². The van der Waals surface area contributed by atoms with E-state index in [9.17, 15) is 23.1 Å². The molecule has 1 aliphatic heterocycles. The number of hydrogen-bond acceptors (Lipinski definition) is 8. The number of halogens is 3. The standard InChI is InChI=1S/C28H23F3N4O5/c1-38-40-23-12-22(27(36)37)33-21-9-7-17(11-20(21)23)35-13-15(14-35)4-8-18-24(34-39-25(18)16-5-6-16)19-3-2-10-32-26(19)28(29,30)31/h2-4,7-12,15-16H,5-6,13-14H2,1H3,(H,36,37)/b8-4+. The maximum Gasteiger partial charge on any atom is 0.434 e. The molecule has 12 heteroatoms. The number of hydrogen-bond donors (Lipinski definition) is 1. The van der Waals surface area contributed by atoms with Crippen LogP contribution >= 0.6 is 0 Å². The molecule has 0 unspecified atom stereocenters. The highest BCUT2D eigenvalue weighted by Gasteiger charge is 2.38. The van der Waals surface area contributed by atoms with E-state index < -0.39 is 17.8 Å². The number of rotatable bonds is 8. The maximum atomic E-state index is 13.7. The first kappa shape index (κ1) is 25.8. The SMILES string of the molecule is COOc1cc(C(=O)O)nc2ccc(N3CC(/C=C/c4c(-c5cccnc5C(F)(F)F)noc4C4CC4)C3)cc12. The molecule has 0 spiro atoms. The monoisotopic (exact) mass is 552 g/mol. The Balaban J connectivity index is 1.24. The third-order valence-corrected chi connectivity index (χ3v) is 6.99. The summed E-state index contributed by atoms with van der Waals surface area (Å²) in [6, 6.07) is 9.55. The smallest absolute Gasteiger partial charge is 0.434 e. The first-order valence-electron chi connectivity index (χ1n) is 12.6. The second-order valence-electron chi connectivity index (χ2n) is 9.77. The number of aromatic carboxylic acids is 1. The molecule has 3 aromatic heterocycles. The van der Waals surface area contributed by atoms with Gasteiger partial charge in [-0.2, -0.15) is 18.1 Å². The molecule has 1 saturated heterocycles. The first-order chi connectivity index (χ1) is 19.2. The van der Waals surface area contributed by atoms with Crippen molar-refractivity contribution in [2.45, 2.75) is 24.9 Å². The van der Waals surface area contributed by atoms with Gasteiger partial charge in [0.2, 0.25) is 0 Å². The predicted octanol–water partition coefficient (Wildman–Crippen LogP) is 5.97. The van der Waals surface area contributed by atoms with Crippen molar-refractivity contribution in [2.75, 3.05) is 25.1 Å². The third kappa shape index (κ3) is 4.86. The lowest BCUT2D eigenvalue weighted by Crippen LogP contribution is -2.45. The summed E-state index contributed by atoms with van der Waals surface area (Å²) in [7, 11) is 1.33. The van der Waals surface area contributed by atoms with Crippen molar-refractivity contribution >= 4 is 28.6 Å². The first-order valence-corrected chi connectivity index (χ1v) is 12.6. The Morgan fingerprint density at radius 3 is 2.70 bits per heavy atom. The number of pyridine rings is 2. The number of carboxylic acids is 1. The molecule has 1 saturated carbocycles. The zero-order valence-electron chi connectivity index (χ0n) is 21.2. The summed E-state index contributed by atoms with van der Waals surface area (Å²) in [6.45, 7) is 1.34. The average molecular weight is 553 g/mol. The molecule has 40 heavy (non-hydrogen) atoms. The minimum absolute atomic E-state index is 0.106. The second-order valence-corrected chi connectivity index (χ2v) is 9.77. The van der Waals surface area contributed by atoms with Crippen LogP contribution in [0.4, 0.5) is 18.9 Å². The molecule has 1 aromatic carbocycles. The molecule has 206 valence electrons. The quantitative estimate of drug-likeness (QED) is 0.209. The molecular formula is C28H23F3N4O5. The number of nitrogens with zero attached hydrogens (tertiary/aromatic N) is 4. The van der Waals surface area contributed by atoms with Gasteiger partial charge in [-0.15, -0.1) is 0 Å². The Morgan fingerprint density at radius 1 is 1.20 bits per heavy atom. The van der Waals surface area contributed by atoms with E-state index in [1.165, 1.54) is 25.3 Å². The van der Waals surface area contributed by atoms with E-state index in [2.05, 4.69) is 20.0 Å². The van der Waals surface area contributed by atoms with Gasteiger partial charge in [0.05, 0.1) is 12.6 Å². The van der Waals surface area contributed by atoms with E-state index in [4.69, 9.17) is 14.3 Å². The predicted molar refractivity (Wildman–Crippen MR) is 138 cm³/mol. The Morgan fingerprint density at radius 2 is 2.00 bits per heavy atom. The minimum Gasteiger partial charge on any atom is -0.477 e. The Kier molecular flexibility index (Phi) is 6.41. The highest BCUT2D eigenvalue weighted by atomic mass is 19.4. The molecule has 0 bridgehead atoms. The van der Waals surface area contributed by atoms with E-state index in [1.807, 2.05) is 24.3 Å². The molecule has 9 nitrogen and oxygen atoms in total. The van der Waals surface area contributed by atoms with Crippen LogP contribution in [0.15, 0.2) is 53.2 Å². The van der Waals surface area contributed by atoms with Gasteiger partial charge in [0.15, 0.2) is 17.1 Å². The number of alkyl halides is 3. The summed E-state index contributed by atoms with van der Waals surface area (Å²) in [5, 5.41) is 14.0. The molecule has 0 amide bonds. The lowest BCUT2D eigenvalue weighted by Gasteiger charge is -2.39. The van der Waals surface area contributed by atoms with E-state index in [0.717, 1.165) is 24.7 Å². The topological polar surface area (TPSA) is 111 Å². The van der Waals surface area contributed by atoms with Gasteiger partial charge >= 0.3 is 12.1 Å². The summed E-state index contributed by atoms with van der Waals surface area (Å²) >= 11 is 0. The number of fused-ring (bicyclic) bond motifs is 1. The molecule has 0 atom stereocenters. The van der Waals surface area contributed by atoms with Crippen molar-refractivity contribution in [3.05, 3.63) is 71.4 Å². The fourth-order valence-electron chi connectivity index (χ4n) is 4.85. The number of carboxylic acid groups (broad SMARTS) is 1. The van der Waals surface area contributed by atoms with Gasteiger partial charge in [0.25, 0.3) is 0 Å². The van der Waals surface area contributed by atoms with Crippen molar-refractivity contribution in [1.82, 2.24) is 15.1 Å². The average Bonchev–Trinajstić information content (AvgIpc) is 3.66. The molecule has 0 radical (unpaired) electrons. The van der Waals surface area contributed by atoms with Crippen LogP contribution < -0.4 is 9.79 Å². The Hall–Kier alpha value is -4.45. The molecule has 2 aliphatic rings. The lowest BCUT2D eigenvalue weighted by atomic mass is 9.95. The van der Waals surface area contributed by atoms with E-state index in [-0.39, 0.29) is 34.5 Å². The van der Waals surface area contributed by atoms with E-state index in [1.54, 1.807) is 6.07 Å². The normalized spacial score (nSPS) is 16.1. The second kappa shape index (κ2) is 9.94. The minimum atomic E-state index is -4.62. The van der Waals surface area contributed by atoms with Crippen molar-refractivity contribution in [3.8, 4) is 17.0 Å². The van der Waals surface area contributed by atoms with E-state index in [0.29, 0.717) is 35.3 Å². The summed E-state index contributed by atoms with van der Waals surface area (Å²) in [5.41, 5.74) is 0.786. The van der Waals surface area contributed by atoms with Gasteiger partial charge in [-0.05, 0) is 43.2 Å². The van der Waals surface area contributed by atoms with Crippen LogP contribution in [0.1, 0.15) is 46.3 Å². The number of carbonyl (C=O) groups is 1. The molecule has 6 rings (SSSR count). The largest absolute Gasteiger partial charge is 0.477 e. The summed E-state index contributed by atoms with van der Waals surface area (Å²) in [5.74, 6) is -0.0362. The van der Waals surface area contributed by atoms with Crippen LogP contribution in [0.3, 0.4) is 0 Å². The zero-order chi connectivity index (χ0) is 28.0. The summed E-state index contributed by atoms with van der Waals surface area (Å²) < 4.78 is 46.5. The molecule has 4 aromatic rings. The van der Waals surface area contributed by atoms with Crippen LogP contribution in [0.25, 0.3) is 28.2 Å². The lowest BCUT2D eigenvalue weighted by molar-refractivity contribution is -0.176. The van der Waals surface area contributed by atoms with Crippen LogP contribution in [0, 0.1) is 5.92 Å². The molecule has 1 N–H and O–H groups in total. The van der Waals surface area contributed by atoms with Crippen LogP contribution in [0.5, 0.6) is 5.75 Å².